The van der Waals surface area contributed by atoms with E-state index in [2.05, 4.69) is 30.9 Å². The first-order valence-corrected chi connectivity index (χ1v) is 13.6. The Balaban J connectivity index is 1.78. The topological polar surface area (TPSA) is 215 Å². The van der Waals surface area contributed by atoms with Gasteiger partial charge in [0.05, 0.1) is 12.9 Å². The van der Waals surface area contributed by atoms with E-state index in [-0.39, 0.29) is 19.3 Å². The minimum absolute atomic E-state index is 0.00363. The fraction of sp³-hybridized carbons (Fsp3) is 0.400. The van der Waals surface area contributed by atoms with Gasteiger partial charge in [-0.25, -0.2) is 9.78 Å². The number of nitrogens with zero attached hydrogens (tertiary/aromatic N) is 1. The number of para-hydroxylation sites is 1. The van der Waals surface area contributed by atoms with Crippen LogP contribution in [-0.2, 0) is 32.0 Å². The molecule has 0 fully saturated rings. The molecule has 1 aromatic carbocycles. The first-order chi connectivity index (χ1) is 18.7. The van der Waals surface area contributed by atoms with Crippen molar-refractivity contribution >= 4 is 46.4 Å². The average Bonchev–Trinajstić information content (AvgIpc) is 3.59. The molecular weight excluding hydrogens is 526 g/mol. The Morgan fingerprint density at radius 2 is 1.69 bits per heavy atom. The van der Waals surface area contributed by atoms with Gasteiger partial charge in [-0.15, -0.1) is 0 Å². The maximum atomic E-state index is 13.3. The Hall–Kier alpha value is -3.88. The molecule has 3 aromatic rings. The van der Waals surface area contributed by atoms with Crippen molar-refractivity contribution < 1.29 is 29.4 Å². The molecule has 0 bridgehead atoms. The zero-order valence-electron chi connectivity index (χ0n) is 21.3. The summed E-state index contributed by atoms with van der Waals surface area (Å²) < 4.78 is 0. The second kappa shape index (κ2) is 14.3. The highest BCUT2D eigenvalue weighted by molar-refractivity contribution is 7.98. The molecule has 0 aliphatic carbocycles. The Bertz CT molecular complexity index is 1260. The number of H-pyrrole nitrogens is 2. The lowest BCUT2D eigenvalue weighted by atomic mass is 10.0. The summed E-state index contributed by atoms with van der Waals surface area (Å²) in [5.41, 5.74) is 7.66. The lowest BCUT2D eigenvalue weighted by Crippen LogP contribution is -2.58. The number of carboxylic acid groups (broad SMARTS) is 1. The minimum Gasteiger partial charge on any atom is -0.480 e. The van der Waals surface area contributed by atoms with Crippen molar-refractivity contribution in [1.29, 1.82) is 0 Å². The smallest absolute Gasteiger partial charge is 0.326 e. The molecule has 3 amide bonds. The number of aliphatic hydroxyl groups excluding tert-OH is 1. The number of benzene rings is 1. The monoisotopic (exact) mass is 559 g/mol. The quantitative estimate of drug-likeness (QED) is 0.118. The number of aliphatic hydroxyl groups is 1. The molecule has 2 aromatic heterocycles. The van der Waals surface area contributed by atoms with E-state index >= 15 is 0 Å². The van der Waals surface area contributed by atoms with Crippen molar-refractivity contribution in [3.63, 3.8) is 0 Å². The van der Waals surface area contributed by atoms with E-state index in [4.69, 9.17) is 5.73 Å². The molecule has 0 radical (unpaired) electrons. The van der Waals surface area contributed by atoms with Crippen LogP contribution in [0.15, 0.2) is 43.0 Å². The van der Waals surface area contributed by atoms with E-state index in [1.165, 1.54) is 24.3 Å². The van der Waals surface area contributed by atoms with Gasteiger partial charge >= 0.3 is 5.97 Å². The first-order valence-electron chi connectivity index (χ1n) is 12.2. The molecule has 9 N–H and O–H groups in total. The second-order valence-corrected chi connectivity index (χ2v) is 9.92. The Kier molecular flexibility index (Phi) is 10.9. The number of aromatic nitrogens is 3. The van der Waals surface area contributed by atoms with Crippen LogP contribution in [0.2, 0.25) is 0 Å². The van der Waals surface area contributed by atoms with Gasteiger partial charge in [0.1, 0.15) is 24.2 Å². The third-order valence-corrected chi connectivity index (χ3v) is 6.75. The third kappa shape index (κ3) is 8.30. The van der Waals surface area contributed by atoms with E-state index < -0.39 is 54.5 Å². The van der Waals surface area contributed by atoms with Crippen molar-refractivity contribution in [3.8, 4) is 0 Å². The Morgan fingerprint density at radius 1 is 1.00 bits per heavy atom. The lowest BCUT2D eigenvalue weighted by molar-refractivity contribution is -0.142. The summed E-state index contributed by atoms with van der Waals surface area (Å²) in [6.45, 7) is -0.597. The van der Waals surface area contributed by atoms with Crippen LogP contribution in [0, 0.1) is 0 Å². The van der Waals surface area contributed by atoms with E-state index in [9.17, 15) is 29.4 Å². The molecule has 0 saturated carbocycles. The average molecular weight is 560 g/mol. The molecule has 0 saturated heterocycles. The van der Waals surface area contributed by atoms with E-state index in [0.717, 1.165) is 10.9 Å². The lowest BCUT2D eigenvalue weighted by Gasteiger charge is -2.25. The van der Waals surface area contributed by atoms with Gasteiger partial charge in [0.15, 0.2) is 0 Å². The maximum Gasteiger partial charge on any atom is 0.326 e. The van der Waals surface area contributed by atoms with E-state index in [0.29, 0.717) is 17.0 Å². The summed E-state index contributed by atoms with van der Waals surface area (Å²) in [5, 5.41) is 27.6. The number of carbonyl (C=O) groups excluding carboxylic acids is 3. The normalized spacial score (nSPS) is 14.2. The summed E-state index contributed by atoms with van der Waals surface area (Å²) in [6, 6.07) is 2.73. The summed E-state index contributed by atoms with van der Waals surface area (Å²) in [5.74, 6) is -2.78. The van der Waals surface area contributed by atoms with Crippen LogP contribution in [-0.4, -0.2) is 91.6 Å². The molecule has 14 heteroatoms. The van der Waals surface area contributed by atoms with Crippen LogP contribution in [0.3, 0.4) is 0 Å². The molecule has 0 aliphatic heterocycles. The van der Waals surface area contributed by atoms with Crippen molar-refractivity contribution in [3.05, 3.63) is 54.2 Å². The SMILES string of the molecule is CSCCC(NC(=O)C(N)CO)C(=O)NC(Cc1cnc[nH]1)C(=O)NC(Cc1c[nH]c2ccccc12)C(=O)O. The number of amides is 3. The molecule has 13 nitrogen and oxygen atoms in total. The molecule has 4 atom stereocenters. The number of rotatable bonds is 15. The van der Waals surface area contributed by atoms with Crippen LogP contribution in [0.4, 0.5) is 0 Å². The number of carboxylic acids is 1. The van der Waals surface area contributed by atoms with Crippen molar-refractivity contribution in [2.45, 2.75) is 43.4 Å². The number of thioether (sulfide) groups is 1. The van der Waals surface area contributed by atoms with Crippen LogP contribution >= 0.6 is 11.8 Å². The summed E-state index contributed by atoms with van der Waals surface area (Å²) in [6.07, 6.45) is 6.70. The highest BCUT2D eigenvalue weighted by atomic mass is 32.2. The predicted molar refractivity (Wildman–Crippen MR) is 146 cm³/mol. The minimum atomic E-state index is -1.27. The second-order valence-electron chi connectivity index (χ2n) is 8.94. The number of nitrogens with one attached hydrogen (secondary N) is 5. The molecule has 2 heterocycles. The number of carbonyl (C=O) groups is 4. The highest BCUT2D eigenvalue weighted by Gasteiger charge is 2.31. The zero-order valence-corrected chi connectivity index (χ0v) is 22.2. The van der Waals surface area contributed by atoms with Gasteiger partial charge < -0.3 is 41.9 Å². The van der Waals surface area contributed by atoms with Gasteiger partial charge in [0, 0.05) is 41.8 Å². The molecule has 3 rings (SSSR count). The summed E-state index contributed by atoms with van der Waals surface area (Å²) in [4.78, 5) is 60.8. The van der Waals surface area contributed by atoms with Gasteiger partial charge in [0.2, 0.25) is 17.7 Å². The Morgan fingerprint density at radius 3 is 2.36 bits per heavy atom. The number of hydrogen-bond acceptors (Lipinski definition) is 8. The number of aromatic amines is 2. The van der Waals surface area contributed by atoms with Crippen molar-refractivity contribution in [1.82, 2.24) is 30.9 Å². The first kappa shape index (κ1) is 29.7. The maximum absolute atomic E-state index is 13.3. The zero-order chi connectivity index (χ0) is 28.4. The molecule has 4 unspecified atom stereocenters. The molecule has 39 heavy (non-hydrogen) atoms. The highest BCUT2D eigenvalue weighted by Crippen LogP contribution is 2.19. The van der Waals surface area contributed by atoms with Crippen LogP contribution in [0.1, 0.15) is 17.7 Å². The van der Waals surface area contributed by atoms with E-state index in [1.54, 1.807) is 6.20 Å². The van der Waals surface area contributed by atoms with Crippen molar-refractivity contribution in [2.75, 3.05) is 18.6 Å². The Labute approximate surface area is 228 Å². The molecular formula is C25H33N7O6S. The van der Waals surface area contributed by atoms with Gasteiger partial charge in [0.25, 0.3) is 0 Å². The van der Waals surface area contributed by atoms with Crippen LogP contribution in [0.25, 0.3) is 10.9 Å². The molecule has 0 aliphatic rings. The van der Waals surface area contributed by atoms with Crippen molar-refractivity contribution in [2.24, 2.45) is 5.73 Å². The summed E-state index contributed by atoms with van der Waals surface area (Å²) >= 11 is 1.46. The number of aliphatic carboxylic acids is 1. The van der Waals surface area contributed by atoms with Crippen LogP contribution in [0.5, 0.6) is 0 Å². The predicted octanol–water partition coefficient (Wildman–Crippen LogP) is -0.712. The fourth-order valence-electron chi connectivity index (χ4n) is 3.96. The standard InChI is InChI=1S/C25H33N7O6S/c1-39-7-6-19(30-22(34)17(26)12-33)23(35)31-20(9-15-11-27-13-29-15)24(36)32-21(25(37)38)8-14-10-28-18-5-3-2-4-16(14)18/h2-5,10-11,13,17,19-21,28,33H,6-9,12,26H2,1H3,(H,27,29)(H,30,34)(H,31,35)(H,32,36)(H,37,38). The largest absolute Gasteiger partial charge is 0.480 e. The molecule has 0 spiro atoms. The van der Waals surface area contributed by atoms with Gasteiger partial charge in [-0.1, -0.05) is 18.2 Å². The molecule has 210 valence electrons. The van der Waals surface area contributed by atoms with E-state index in [1.807, 2.05) is 30.5 Å². The third-order valence-electron chi connectivity index (χ3n) is 6.10. The summed E-state index contributed by atoms with van der Waals surface area (Å²) in [7, 11) is 0. The van der Waals surface area contributed by atoms with Gasteiger partial charge in [-0.05, 0) is 30.1 Å². The van der Waals surface area contributed by atoms with Gasteiger partial charge in [-0.2, -0.15) is 11.8 Å². The fourth-order valence-corrected chi connectivity index (χ4v) is 4.43. The number of imidazole rings is 1. The van der Waals surface area contributed by atoms with Crippen LogP contribution < -0.4 is 21.7 Å². The number of fused-ring (bicyclic) bond motifs is 1. The number of nitrogens with two attached hydrogens (primary N) is 1. The van der Waals surface area contributed by atoms with Gasteiger partial charge in [-0.3, -0.25) is 14.4 Å². The number of hydrogen-bond donors (Lipinski definition) is 8.